The fraction of sp³-hybridized carbons (Fsp3) is 0.667. The van der Waals surface area contributed by atoms with Crippen molar-refractivity contribution in [2.75, 3.05) is 18.8 Å². The van der Waals surface area contributed by atoms with Gasteiger partial charge in [-0.15, -0.1) is 0 Å². The van der Waals surface area contributed by atoms with Gasteiger partial charge in [-0.2, -0.15) is 0 Å². The van der Waals surface area contributed by atoms with Crippen molar-refractivity contribution in [2.45, 2.75) is 44.9 Å². The number of nitrogens with zero attached hydrogens (tertiary/aromatic N) is 3. The molecule has 2 aliphatic rings. The summed E-state index contributed by atoms with van der Waals surface area (Å²) in [5, 5.41) is 0. The molecule has 20 heavy (non-hydrogen) atoms. The summed E-state index contributed by atoms with van der Waals surface area (Å²) >= 11 is 0. The first-order valence-electron chi connectivity index (χ1n) is 7.56. The maximum Gasteiger partial charge on any atom is 0.276 e. The molecule has 1 aromatic rings. The average Bonchev–Trinajstić information content (AvgIpc) is 2.48. The van der Waals surface area contributed by atoms with Gasteiger partial charge in [-0.05, 0) is 31.1 Å². The van der Waals surface area contributed by atoms with Crippen molar-refractivity contribution in [3.8, 4) is 0 Å². The molecule has 0 unspecified atom stereocenters. The van der Waals surface area contributed by atoms with Crippen LogP contribution in [0, 0.1) is 5.41 Å². The Morgan fingerprint density at radius 2 is 1.80 bits per heavy atom. The van der Waals surface area contributed by atoms with Crippen LogP contribution in [0.2, 0.25) is 0 Å². The Morgan fingerprint density at radius 1 is 1.10 bits per heavy atom. The Balaban J connectivity index is 1.77. The highest BCUT2D eigenvalue weighted by Crippen LogP contribution is 2.43. The summed E-state index contributed by atoms with van der Waals surface area (Å²) in [4.78, 5) is 22.6. The molecule has 5 heteroatoms. The van der Waals surface area contributed by atoms with E-state index in [4.69, 9.17) is 5.73 Å². The molecule has 2 fully saturated rings. The van der Waals surface area contributed by atoms with E-state index in [1.165, 1.54) is 50.9 Å². The number of nitrogens with two attached hydrogens (primary N) is 1. The zero-order chi connectivity index (χ0) is 14.0. The Kier molecular flexibility index (Phi) is 3.59. The lowest BCUT2D eigenvalue weighted by atomic mass is 9.69. The fourth-order valence-electron chi connectivity index (χ4n) is 3.75. The van der Waals surface area contributed by atoms with E-state index in [2.05, 4.69) is 9.97 Å². The molecule has 1 aromatic heterocycles. The number of hydrogen-bond donors (Lipinski definition) is 1. The first kappa shape index (κ1) is 13.3. The highest BCUT2D eigenvalue weighted by molar-refractivity contribution is 5.96. The summed E-state index contributed by atoms with van der Waals surface area (Å²) in [7, 11) is 0. The van der Waals surface area contributed by atoms with Crippen LogP contribution >= 0.6 is 0 Å². The second-order valence-electron chi connectivity index (χ2n) is 6.18. The Bertz CT molecular complexity index is 491. The quantitative estimate of drug-likeness (QED) is 0.852. The summed E-state index contributed by atoms with van der Waals surface area (Å²) in [6.07, 6.45) is 11.9. The molecule has 2 heterocycles. The third-order valence-corrected chi connectivity index (χ3v) is 4.79. The number of piperidine rings is 1. The van der Waals surface area contributed by atoms with E-state index < -0.39 is 0 Å². The molecule has 1 amide bonds. The standard InChI is InChI=1S/C15H22N4O/c16-13-12(17-8-9-18-13)14(20)19-10-4-7-15(11-19)5-2-1-3-6-15/h8-9H,1-7,10-11H2,(H2,16,18). The molecule has 0 bridgehead atoms. The molecule has 2 N–H and O–H groups in total. The topological polar surface area (TPSA) is 72.1 Å². The van der Waals surface area contributed by atoms with Gasteiger partial charge in [-0.25, -0.2) is 9.97 Å². The van der Waals surface area contributed by atoms with Crippen LogP contribution in [0.1, 0.15) is 55.4 Å². The smallest absolute Gasteiger partial charge is 0.276 e. The zero-order valence-electron chi connectivity index (χ0n) is 11.8. The Hall–Kier alpha value is -1.65. The second-order valence-corrected chi connectivity index (χ2v) is 6.18. The van der Waals surface area contributed by atoms with Gasteiger partial charge in [-0.3, -0.25) is 4.79 Å². The molecule has 108 valence electrons. The molecule has 0 aromatic carbocycles. The van der Waals surface area contributed by atoms with E-state index >= 15 is 0 Å². The van der Waals surface area contributed by atoms with Crippen molar-refractivity contribution in [3.63, 3.8) is 0 Å². The number of carbonyl (C=O) groups excluding carboxylic acids is 1. The summed E-state index contributed by atoms with van der Waals surface area (Å²) in [6.45, 7) is 1.68. The Labute approximate surface area is 119 Å². The van der Waals surface area contributed by atoms with Gasteiger partial charge in [0, 0.05) is 25.5 Å². The van der Waals surface area contributed by atoms with Crippen LogP contribution in [0.5, 0.6) is 0 Å². The molecule has 1 saturated heterocycles. The van der Waals surface area contributed by atoms with Gasteiger partial charge in [0.15, 0.2) is 11.5 Å². The zero-order valence-corrected chi connectivity index (χ0v) is 11.8. The van der Waals surface area contributed by atoms with Gasteiger partial charge in [0.2, 0.25) is 0 Å². The summed E-state index contributed by atoms with van der Waals surface area (Å²) < 4.78 is 0. The minimum absolute atomic E-state index is 0.0553. The number of carbonyl (C=O) groups is 1. The number of rotatable bonds is 1. The van der Waals surface area contributed by atoms with Crippen LogP contribution in [0.25, 0.3) is 0 Å². The Morgan fingerprint density at radius 3 is 2.55 bits per heavy atom. The predicted molar refractivity (Wildman–Crippen MR) is 77.1 cm³/mol. The van der Waals surface area contributed by atoms with E-state index in [9.17, 15) is 4.79 Å². The van der Waals surface area contributed by atoms with Gasteiger partial charge in [0.25, 0.3) is 5.91 Å². The number of aromatic nitrogens is 2. The van der Waals surface area contributed by atoms with Gasteiger partial charge in [0.1, 0.15) is 0 Å². The molecular formula is C15H22N4O. The lowest BCUT2D eigenvalue weighted by Crippen LogP contribution is -2.47. The van der Waals surface area contributed by atoms with Gasteiger partial charge < -0.3 is 10.6 Å². The minimum Gasteiger partial charge on any atom is -0.382 e. The minimum atomic E-state index is -0.0553. The van der Waals surface area contributed by atoms with Crippen LogP contribution in [-0.2, 0) is 0 Å². The van der Waals surface area contributed by atoms with Crippen molar-refractivity contribution in [1.82, 2.24) is 14.9 Å². The first-order valence-corrected chi connectivity index (χ1v) is 7.56. The SMILES string of the molecule is Nc1nccnc1C(=O)N1CCCC2(CCCCC2)C1. The normalized spacial score (nSPS) is 21.9. The molecule has 1 aliphatic heterocycles. The van der Waals surface area contributed by atoms with Gasteiger partial charge in [-0.1, -0.05) is 19.3 Å². The predicted octanol–water partition coefficient (Wildman–Crippen LogP) is 2.25. The molecule has 0 atom stereocenters. The monoisotopic (exact) mass is 274 g/mol. The maximum atomic E-state index is 12.6. The van der Waals surface area contributed by atoms with Crippen LogP contribution in [0.3, 0.4) is 0 Å². The maximum absolute atomic E-state index is 12.6. The lowest BCUT2D eigenvalue weighted by molar-refractivity contribution is 0.0380. The van der Waals surface area contributed by atoms with Crippen molar-refractivity contribution in [3.05, 3.63) is 18.1 Å². The number of likely N-dealkylation sites (tertiary alicyclic amines) is 1. The number of anilines is 1. The molecule has 5 nitrogen and oxygen atoms in total. The molecule has 0 radical (unpaired) electrons. The highest BCUT2D eigenvalue weighted by atomic mass is 16.2. The summed E-state index contributed by atoms with van der Waals surface area (Å²) in [6, 6.07) is 0. The van der Waals surface area contributed by atoms with E-state index in [0.29, 0.717) is 11.1 Å². The molecule has 1 aliphatic carbocycles. The third kappa shape index (κ3) is 2.49. The lowest BCUT2D eigenvalue weighted by Gasteiger charge is -2.45. The molecule has 1 spiro atoms. The summed E-state index contributed by atoms with van der Waals surface area (Å²) in [5.74, 6) is 0.181. The number of hydrogen-bond acceptors (Lipinski definition) is 4. The van der Waals surface area contributed by atoms with Crippen molar-refractivity contribution in [2.24, 2.45) is 5.41 Å². The van der Waals surface area contributed by atoms with Crippen LogP contribution in [-0.4, -0.2) is 33.9 Å². The highest BCUT2D eigenvalue weighted by Gasteiger charge is 2.38. The van der Waals surface area contributed by atoms with Gasteiger partial charge in [0.05, 0.1) is 0 Å². The van der Waals surface area contributed by atoms with Crippen molar-refractivity contribution < 1.29 is 4.79 Å². The number of nitrogen functional groups attached to an aromatic ring is 1. The van der Waals surface area contributed by atoms with Crippen LogP contribution in [0.15, 0.2) is 12.4 Å². The molecular weight excluding hydrogens is 252 g/mol. The van der Waals surface area contributed by atoms with E-state index in [1.54, 1.807) is 0 Å². The number of amides is 1. The van der Waals surface area contributed by atoms with Crippen LogP contribution < -0.4 is 5.73 Å². The van der Waals surface area contributed by atoms with Crippen molar-refractivity contribution in [1.29, 1.82) is 0 Å². The second kappa shape index (κ2) is 5.38. The van der Waals surface area contributed by atoms with E-state index in [-0.39, 0.29) is 11.7 Å². The fourth-order valence-corrected chi connectivity index (χ4v) is 3.75. The first-order chi connectivity index (χ1) is 9.70. The van der Waals surface area contributed by atoms with Gasteiger partial charge >= 0.3 is 0 Å². The average molecular weight is 274 g/mol. The van der Waals surface area contributed by atoms with Crippen molar-refractivity contribution >= 4 is 11.7 Å². The van der Waals surface area contributed by atoms with E-state index in [0.717, 1.165) is 19.5 Å². The summed E-state index contributed by atoms with van der Waals surface area (Å²) in [5.41, 5.74) is 6.43. The largest absolute Gasteiger partial charge is 0.382 e. The molecule has 3 rings (SSSR count). The third-order valence-electron chi connectivity index (χ3n) is 4.79. The van der Waals surface area contributed by atoms with Crippen LogP contribution in [0.4, 0.5) is 5.82 Å². The molecule has 1 saturated carbocycles. The van der Waals surface area contributed by atoms with E-state index in [1.807, 2.05) is 4.90 Å².